The van der Waals surface area contributed by atoms with E-state index in [-0.39, 0.29) is 21.6 Å². The molecule has 0 aliphatic carbocycles. The molecule has 0 radical (unpaired) electrons. The van der Waals surface area contributed by atoms with Gasteiger partial charge in [0.1, 0.15) is 33.3 Å². The summed E-state index contributed by atoms with van der Waals surface area (Å²) in [5.74, 6) is -0.263. The maximum atomic E-state index is 13.2. The highest BCUT2D eigenvalue weighted by Crippen LogP contribution is 2.29. The average Bonchev–Trinajstić information content (AvgIpc) is 3.46. The second kappa shape index (κ2) is 26.3. The molecule has 80 heavy (non-hydrogen) atoms. The van der Waals surface area contributed by atoms with Crippen molar-refractivity contribution in [1.82, 2.24) is 0 Å². The van der Waals surface area contributed by atoms with Gasteiger partial charge in [0.25, 0.3) is 11.8 Å². The summed E-state index contributed by atoms with van der Waals surface area (Å²) in [6.45, 7) is 10.0. The lowest BCUT2D eigenvalue weighted by atomic mass is 9.97. The van der Waals surface area contributed by atoms with Gasteiger partial charge < -0.3 is 19.7 Å². The lowest BCUT2D eigenvalue weighted by molar-refractivity contribution is -0.672. The highest BCUT2D eigenvalue weighted by atomic mass is 32.2. The number of aromatic nitrogens is 2. The summed E-state index contributed by atoms with van der Waals surface area (Å²) in [4.78, 5) is 26.0. The van der Waals surface area contributed by atoms with Crippen molar-refractivity contribution < 1.29 is 44.7 Å². The van der Waals surface area contributed by atoms with E-state index in [2.05, 4.69) is 131 Å². The Hall–Kier alpha value is -8.66. The molecule has 10 rings (SSSR count). The van der Waals surface area contributed by atoms with Crippen LogP contribution in [0, 0.1) is 13.8 Å². The summed E-state index contributed by atoms with van der Waals surface area (Å²) in [6.07, 6.45) is 8.78. The van der Waals surface area contributed by atoms with Gasteiger partial charge in [0.05, 0.1) is 9.79 Å². The van der Waals surface area contributed by atoms with Crippen LogP contribution in [0.3, 0.4) is 0 Å². The van der Waals surface area contributed by atoms with Gasteiger partial charge in [-0.1, -0.05) is 135 Å². The van der Waals surface area contributed by atoms with Gasteiger partial charge in [0, 0.05) is 70.4 Å². The quantitative estimate of drug-likeness (QED) is 0.0751. The van der Waals surface area contributed by atoms with E-state index in [1.807, 2.05) is 86.6 Å². The molecule has 2 heterocycles. The van der Waals surface area contributed by atoms with E-state index < -0.39 is 20.2 Å². The number of fused-ring (bicyclic) bond motifs is 2. The first-order valence-electron chi connectivity index (χ1n) is 26.4. The topological polar surface area (TPSA) is 180 Å². The number of hydrogen-bond donors (Lipinski definition) is 2. The molecule has 0 atom stereocenters. The first-order chi connectivity index (χ1) is 38.4. The van der Waals surface area contributed by atoms with Crippen LogP contribution in [0.2, 0.25) is 0 Å². The number of carbonyl (C=O) groups is 2. The lowest BCUT2D eigenvalue weighted by Gasteiger charge is -2.09. The number of nitrogens with zero attached hydrogens (tertiary/aromatic N) is 2. The van der Waals surface area contributed by atoms with Gasteiger partial charge in [-0.3, -0.25) is 9.59 Å². The van der Waals surface area contributed by atoms with Crippen LogP contribution in [0.4, 0.5) is 11.4 Å². The molecule has 14 heteroatoms. The highest BCUT2D eigenvalue weighted by molar-refractivity contribution is 7.86. The van der Waals surface area contributed by atoms with Crippen LogP contribution < -0.4 is 19.8 Å². The third kappa shape index (κ3) is 15.3. The number of aryl methyl sites for hydroxylation is 4. The van der Waals surface area contributed by atoms with E-state index in [0.717, 1.165) is 105 Å². The van der Waals surface area contributed by atoms with Crippen molar-refractivity contribution in [2.24, 2.45) is 0 Å². The molecular weight excluding hydrogens is 1040 g/mol. The monoisotopic (exact) mass is 1100 g/mol. The molecule has 2 aromatic heterocycles. The molecule has 2 amide bonds. The predicted octanol–water partition coefficient (Wildman–Crippen LogP) is 13.5. The standard InChI is InChI=1S/C52H46N4O2.2C7H8O3S/c1-3-5-31-55-33-7-9-45-35-47(27-29-49(45)55)53-51(57)43-23-19-41(20-24-43)39-15-11-37(12-16-39)38-13-17-40(18-14-38)42-21-25-44(26-22-42)52(58)54-48-28-30-50-46(36-48)10-8-34-56(50)32-6-4-2;2*1-6-2-4-7(5-3-6)11(8,9)10/h7-30,33-36H,3-6,31-32H2,1-2H3;2*2-5H,1H3,(H,8,9,10). The summed E-state index contributed by atoms with van der Waals surface area (Å²) < 4.78 is 66.9. The van der Waals surface area contributed by atoms with Crippen LogP contribution in [0.25, 0.3) is 55.2 Å². The number of unbranched alkanes of at least 4 members (excludes halogenated alkanes) is 2. The molecule has 0 saturated heterocycles. The Kier molecular flexibility index (Phi) is 18.9. The average molecular weight is 1100 g/mol. The minimum atomic E-state index is -4.27. The van der Waals surface area contributed by atoms with E-state index in [1.54, 1.807) is 24.3 Å². The molecule has 0 fully saturated rings. The second-order valence-electron chi connectivity index (χ2n) is 19.4. The summed E-state index contributed by atoms with van der Waals surface area (Å²) in [6, 6.07) is 64.5. The maximum Gasteiger partial charge on any atom is 0.255 e. The number of pyridine rings is 2. The molecule has 0 spiro atoms. The fourth-order valence-electron chi connectivity index (χ4n) is 8.92. The van der Waals surface area contributed by atoms with Gasteiger partial charge in [0.15, 0.2) is 12.4 Å². The number of rotatable bonds is 15. The zero-order chi connectivity index (χ0) is 56.8. The van der Waals surface area contributed by atoms with Crippen molar-refractivity contribution in [1.29, 1.82) is 0 Å². The van der Waals surface area contributed by atoms with Crippen molar-refractivity contribution in [2.45, 2.75) is 76.3 Å². The predicted molar refractivity (Wildman–Crippen MR) is 315 cm³/mol. The maximum absolute atomic E-state index is 13.2. The van der Waals surface area contributed by atoms with E-state index in [9.17, 15) is 35.5 Å². The Labute approximate surface area is 468 Å². The normalized spacial score (nSPS) is 11.2. The molecular formula is C66H62N4O8S2. The van der Waals surface area contributed by atoms with Gasteiger partial charge in [-0.25, -0.2) is 16.8 Å². The smallest absolute Gasteiger partial charge is 0.255 e. The minimum Gasteiger partial charge on any atom is -0.744 e. The molecule has 0 aliphatic rings. The Balaban J connectivity index is 0.000000316. The summed E-state index contributed by atoms with van der Waals surface area (Å²) in [5.41, 5.74) is 13.5. The molecule has 2 N–H and O–H groups in total. The van der Waals surface area contributed by atoms with E-state index in [0.29, 0.717) is 11.1 Å². The third-order valence-electron chi connectivity index (χ3n) is 13.5. The van der Waals surface area contributed by atoms with Gasteiger partial charge in [-0.2, -0.15) is 9.13 Å². The highest BCUT2D eigenvalue weighted by Gasteiger charge is 2.14. The molecule has 0 saturated carbocycles. The van der Waals surface area contributed by atoms with E-state index >= 15 is 0 Å². The molecule has 0 aliphatic heterocycles. The molecule has 10 aromatic rings. The first-order valence-corrected chi connectivity index (χ1v) is 29.2. The van der Waals surface area contributed by atoms with Crippen molar-refractivity contribution in [3.63, 3.8) is 0 Å². The number of hydrogen-bond acceptors (Lipinski definition) is 8. The van der Waals surface area contributed by atoms with Crippen LogP contribution in [-0.4, -0.2) is 37.8 Å². The van der Waals surface area contributed by atoms with Gasteiger partial charge in [-0.15, -0.1) is 0 Å². The van der Waals surface area contributed by atoms with Gasteiger partial charge in [-0.05, 0) is 132 Å². The summed E-state index contributed by atoms with van der Waals surface area (Å²) >= 11 is 0. The first kappa shape index (κ1) is 57.5. The van der Waals surface area contributed by atoms with Crippen LogP contribution in [0.1, 0.15) is 71.4 Å². The number of anilines is 2. The van der Waals surface area contributed by atoms with Crippen LogP contribution in [0.5, 0.6) is 0 Å². The Morgan fingerprint density at radius 1 is 0.412 bits per heavy atom. The van der Waals surface area contributed by atoms with Crippen LogP contribution >= 0.6 is 0 Å². The Morgan fingerprint density at radius 3 is 1.00 bits per heavy atom. The Bertz CT molecular complexity index is 3720. The lowest BCUT2D eigenvalue weighted by Crippen LogP contribution is -2.33. The SMILES string of the molecule is CCCC[n+]1cccc2cc(NC(=O)c3ccc(-c4ccc(-c5ccc(-c6ccc(C(=O)Nc7ccc8c(ccc[n+]8CCCC)c7)cc6)cc5)cc4)cc3)ccc21.Cc1ccc(S(=O)(=O)[O-])cc1.Cc1ccc(S(=O)(=O)[O-])cc1. The van der Waals surface area contributed by atoms with Crippen LogP contribution in [-0.2, 0) is 33.3 Å². The fourth-order valence-corrected chi connectivity index (χ4v) is 9.86. The zero-order valence-electron chi connectivity index (χ0n) is 45.0. The number of benzene rings is 8. The molecule has 0 bridgehead atoms. The van der Waals surface area contributed by atoms with Crippen molar-refractivity contribution in [2.75, 3.05) is 10.6 Å². The van der Waals surface area contributed by atoms with Crippen molar-refractivity contribution in [3.05, 3.63) is 241 Å². The second-order valence-corrected chi connectivity index (χ2v) is 22.2. The van der Waals surface area contributed by atoms with Gasteiger partial charge in [0.2, 0.25) is 11.0 Å². The van der Waals surface area contributed by atoms with Crippen LogP contribution in [0.15, 0.2) is 228 Å². The summed E-state index contributed by atoms with van der Waals surface area (Å²) in [5, 5.41) is 8.35. The Morgan fingerprint density at radius 2 is 0.713 bits per heavy atom. The minimum absolute atomic E-state index is 0.131. The third-order valence-corrected chi connectivity index (χ3v) is 15.2. The van der Waals surface area contributed by atoms with Gasteiger partial charge >= 0.3 is 0 Å². The molecule has 0 unspecified atom stereocenters. The number of nitrogens with one attached hydrogen (secondary N) is 2. The zero-order valence-corrected chi connectivity index (χ0v) is 46.6. The molecule has 12 nitrogen and oxygen atoms in total. The number of amides is 2. The molecule has 8 aromatic carbocycles. The van der Waals surface area contributed by atoms with Crippen molar-refractivity contribution in [3.8, 4) is 33.4 Å². The van der Waals surface area contributed by atoms with E-state index in [4.69, 9.17) is 0 Å². The molecule has 406 valence electrons. The fraction of sp³-hybridized carbons (Fsp3) is 0.152. The summed E-state index contributed by atoms with van der Waals surface area (Å²) in [7, 11) is -8.54. The van der Waals surface area contributed by atoms with Crippen molar-refractivity contribution >= 4 is 65.2 Å². The number of carbonyl (C=O) groups excluding carboxylic acids is 2. The van der Waals surface area contributed by atoms with E-state index in [1.165, 1.54) is 35.3 Å². The largest absolute Gasteiger partial charge is 0.744 e.